The summed E-state index contributed by atoms with van der Waals surface area (Å²) in [7, 11) is 2.09. The van der Waals surface area contributed by atoms with E-state index in [1.165, 1.54) is 56.9 Å². The lowest BCUT2D eigenvalue weighted by Crippen LogP contribution is -2.17. The van der Waals surface area contributed by atoms with Gasteiger partial charge in [0, 0.05) is 6.04 Å². The van der Waals surface area contributed by atoms with E-state index in [0.717, 1.165) is 0 Å². The Morgan fingerprint density at radius 2 is 1.89 bits per heavy atom. The van der Waals surface area contributed by atoms with Gasteiger partial charge in [-0.15, -0.1) is 0 Å². The summed E-state index contributed by atoms with van der Waals surface area (Å²) in [6.07, 6.45) is 10.6. The van der Waals surface area contributed by atoms with Crippen LogP contribution in [0.3, 0.4) is 0 Å². The Hall–Kier alpha value is -0.820. The molecule has 1 aliphatic rings. The normalized spacial score (nSPS) is 16.3. The molecule has 0 saturated carbocycles. The summed E-state index contributed by atoms with van der Waals surface area (Å²) in [5.74, 6) is 0. The van der Waals surface area contributed by atoms with Crippen molar-refractivity contribution in [1.82, 2.24) is 5.32 Å². The maximum absolute atomic E-state index is 3.48. The van der Waals surface area contributed by atoms with Gasteiger partial charge in [0.2, 0.25) is 0 Å². The zero-order valence-electron chi connectivity index (χ0n) is 12.0. The van der Waals surface area contributed by atoms with Crippen molar-refractivity contribution in [3.05, 3.63) is 34.9 Å². The predicted octanol–water partition coefficient (Wildman–Crippen LogP) is 4.41. The van der Waals surface area contributed by atoms with Crippen molar-refractivity contribution in [1.29, 1.82) is 0 Å². The molecule has 0 heterocycles. The van der Waals surface area contributed by atoms with E-state index in [1.807, 2.05) is 0 Å². The lowest BCUT2D eigenvalue weighted by Gasteiger charge is -2.21. The summed E-state index contributed by atoms with van der Waals surface area (Å²) in [6, 6.07) is 7.72. The van der Waals surface area contributed by atoms with Gasteiger partial charge in [-0.2, -0.15) is 0 Å². The van der Waals surface area contributed by atoms with Crippen LogP contribution in [0.1, 0.15) is 68.2 Å². The smallest absolute Gasteiger partial charge is 0.0317 e. The number of unbranched alkanes of at least 4 members (excludes halogenated alkanes) is 2. The molecular formula is C17H27N. The van der Waals surface area contributed by atoms with E-state index in [9.17, 15) is 0 Å². The van der Waals surface area contributed by atoms with E-state index in [2.05, 4.69) is 37.5 Å². The minimum absolute atomic E-state index is 0.545. The fraction of sp³-hybridized carbons (Fsp3) is 0.647. The van der Waals surface area contributed by atoms with E-state index in [4.69, 9.17) is 0 Å². The molecule has 1 aromatic rings. The maximum atomic E-state index is 3.48. The van der Waals surface area contributed by atoms with Gasteiger partial charge in [-0.05, 0) is 55.8 Å². The molecule has 0 saturated heterocycles. The first kappa shape index (κ1) is 13.6. The standard InChI is InChI=1S/C17H27N/c1-3-4-5-10-17(18-2)16-12-11-14-8-6-7-9-15(14)13-16/h11-13,17-18H,3-10H2,1-2H3. The van der Waals surface area contributed by atoms with Gasteiger partial charge in [-0.1, -0.05) is 44.4 Å². The van der Waals surface area contributed by atoms with Gasteiger partial charge in [0.25, 0.3) is 0 Å². The van der Waals surface area contributed by atoms with Crippen LogP contribution < -0.4 is 5.32 Å². The Balaban J connectivity index is 2.05. The lowest BCUT2D eigenvalue weighted by molar-refractivity contribution is 0.511. The molecule has 2 rings (SSSR count). The molecule has 1 atom stereocenters. The van der Waals surface area contributed by atoms with Crippen LogP contribution in [0.5, 0.6) is 0 Å². The summed E-state index contributed by atoms with van der Waals surface area (Å²) in [5.41, 5.74) is 4.69. The molecule has 0 amide bonds. The Morgan fingerprint density at radius 3 is 2.61 bits per heavy atom. The molecule has 1 aromatic carbocycles. The molecule has 0 aliphatic heterocycles. The Bertz CT molecular complexity index is 370. The van der Waals surface area contributed by atoms with Crippen molar-refractivity contribution in [3.63, 3.8) is 0 Å². The molecule has 0 bridgehead atoms. The predicted molar refractivity (Wildman–Crippen MR) is 79.0 cm³/mol. The summed E-state index contributed by atoms with van der Waals surface area (Å²) < 4.78 is 0. The van der Waals surface area contributed by atoms with Crippen LogP contribution in [-0.2, 0) is 12.8 Å². The summed E-state index contributed by atoms with van der Waals surface area (Å²) in [4.78, 5) is 0. The first-order chi connectivity index (χ1) is 8.85. The van der Waals surface area contributed by atoms with Crippen LogP contribution in [0.4, 0.5) is 0 Å². The fourth-order valence-corrected chi connectivity index (χ4v) is 3.05. The minimum atomic E-state index is 0.545. The second-order valence-electron chi connectivity index (χ2n) is 5.57. The van der Waals surface area contributed by atoms with Crippen molar-refractivity contribution >= 4 is 0 Å². The van der Waals surface area contributed by atoms with Gasteiger partial charge in [-0.3, -0.25) is 0 Å². The number of hydrogen-bond acceptors (Lipinski definition) is 1. The number of rotatable bonds is 6. The quantitative estimate of drug-likeness (QED) is 0.732. The molecule has 0 radical (unpaired) electrons. The number of fused-ring (bicyclic) bond motifs is 1. The first-order valence-electron chi connectivity index (χ1n) is 7.64. The number of aryl methyl sites for hydroxylation is 2. The monoisotopic (exact) mass is 245 g/mol. The summed E-state index contributed by atoms with van der Waals surface area (Å²) in [6.45, 7) is 2.27. The fourth-order valence-electron chi connectivity index (χ4n) is 3.05. The van der Waals surface area contributed by atoms with Gasteiger partial charge in [0.1, 0.15) is 0 Å². The van der Waals surface area contributed by atoms with Gasteiger partial charge in [0.15, 0.2) is 0 Å². The van der Waals surface area contributed by atoms with Crippen LogP contribution in [0.15, 0.2) is 18.2 Å². The second-order valence-corrected chi connectivity index (χ2v) is 5.57. The van der Waals surface area contributed by atoms with Crippen molar-refractivity contribution in [2.45, 2.75) is 64.3 Å². The molecule has 0 spiro atoms. The molecule has 0 aromatic heterocycles. The molecule has 1 unspecified atom stereocenters. The largest absolute Gasteiger partial charge is 0.313 e. The van der Waals surface area contributed by atoms with Crippen LogP contribution in [-0.4, -0.2) is 7.05 Å². The highest BCUT2D eigenvalue weighted by Gasteiger charge is 2.13. The van der Waals surface area contributed by atoms with Crippen LogP contribution in [0, 0.1) is 0 Å². The highest BCUT2D eigenvalue weighted by atomic mass is 14.9. The molecule has 1 heteroatoms. The third-order valence-electron chi connectivity index (χ3n) is 4.22. The average molecular weight is 245 g/mol. The van der Waals surface area contributed by atoms with E-state index >= 15 is 0 Å². The number of hydrogen-bond donors (Lipinski definition) is 1. The third-order valence-corrected chi connectivity index (χ3v) is 4.22. The molecule has 0 fully saturated rings. The van der Waals surface area contributed by atoms with Gasteiger partial charge >= 0.3 is 0 Å². The summed E-state index contributed by atoms with van der Waals surface area (Å²) >= 11 is 0. The van der Waals surface area contributed by atoms with Crippen molar-refractivity contribution in [3.8, 4) is 0 Å². The zero-order valence-corrected chi connectivity index (χ0v) is 12.0. The van der Waals surface area contributed by atoms with Crippen LogP contribution >= 0.6 is 0 Å². The highest BCUT2D eigenvalue weighted by Crippen LogP contribution is 2.26. The Morgan fingerprint density at radius 1 is 1.11 bits per heavy atom. The van der Waals surface area contributed by atoms with Crippen molar-refractivity contribution in [2.75, 3.05) is 7.05 Å². The van der Waals surface area contributed by atoms with Crippen molar-refractivity contribution in [2.24, 2.45) is 0 Å². The summed E-state index contributed by atoms with van der Waals surface area (Å²) in [5, 5.41) is 3.48. The Kier molecular flexibility index (Phi) is 5.25. The lowest BCUT2D eigenvalue weighted by atomic mass is 9.88. The molecule has 18 heavy (non-hydrogen) atoms. The SMILES string of the molecule is CCCCCC(NC)c1ccc2c(c1)CCCC2. The molecular weight excluding hydrogens is 218 g/mol. The maximum Gasteiger partial charge on any atom is 0.0317 e. The topological polar surface area (TPSA) is 12.0 Å². The molecule has 1 N–H and O–H groups in total. The molecule has 100 valence electrons. The number of benzene rings is 1. The third kappa shape index (κ3) is 3.35. The van der Waals surface area contributed by atoms with E-state index in [-0.39, 0.29) is 0 Å². The first-order valence-corrected chi connectivity index (χ1v) is 7.64. The van der Waals surface area contributed by atoms with Gasteiger partial charge in [-0.25, -0.2) is 0 Å². The number of nitrogens with one attached hydrogen (secondary N) is 1. The second kappa shape index (κ2) is 6.94. The minimum Gasteiger partial charge on any atom is -0.313 e. The Labute approximate surface area is 112 Å². The van der Waals surface area contributed by atoms with Gasteiger partial charge < -0.3 is 5.32 Å². The van der Waals surface area contributed by atoms with Crippen molar-refractivity contribution < 1.29 is 0 Å². The van der Waals surface area contributed by atoms with Crippen LogP contribution in [0.25, 0.3) is 0 Å². The zero-order chi connectivity index (χ0) is 12.8. The van der Waals surface area contributed by atoms with E-state index < -0.39 is 0 Å². The molecule has 1 nitrogen and oxygen atoms in total. The highest BCUT2D eigenvalue weighted by molar-refractivity contribution is 5.35. The van der Waals surface area contributed by atoms with E-state index in [0.29, 0.717) is 6.04 Å². The van der Waals surface area contributed by atoms with Crippen LogP contribution in [0.2, 0.25) is 0 Å². The average Bonchev–Trinajstić information content (AvgIpc) is 2.43. The van der Waals surface area contributed by atoms with E-state index in [1.54, 1.807) is 11.1 Å². The van der Waals surface area contributed by atoms with Gasteiger partial charge in [0.05, 0.1) is 0 Å². The molecule has 1 aliphatic carbocycles.